The minimum Gasteiger partial charge on any atom is -0.392 e. The number of rotatable bonds is 3. The van der Waals surface area contributed by atoms with Crippen LogP contribution in [0.15, 0.2) is 12.1 Å². The van der Waals surface area contributed by atoms with Crippen molar-refractivity contribution in [2.45, 2.75) is 38.4 Å². The molecule has 0 radical (unpaired) electrons. The lowest BCUT2D eigenvalue weighted by Crippen LogP contribution is -2.62. The summed E-state index contributed by atoms with van der Waals surface area (Å²) in [6, 6.07) is 5.58. The number of aromatic nitrogens is 1. The van der Waals surface area contributed by atoms with Crippen molar-refractivity contribution < 1.29 is 9.84 Å². The van der Waals surface area contributed by atoms with Crippen LogP contribution in [0.2, 0.25) is 5.02 Å². The number of nitriles is 1. The van der Waals surface area contributed by atoms with Gasteiger partial charge in [0.1, 0.15) is 11.9 Å². The summed E-state index contributed by atoms with van der Waals surface area (Å²) in [5.41, 5.74) is 0.159. The van der Waals surface area contributed by atoms with E-state index in [1.54, 1.807) is 6.07 Å². The predicted octanol–water partition coefficient (Wildman–Crippen LogP) is 2.36. The maximum Gasteiger partial charge on any atom is 0.161 e. The summed E-state index contributed by atoms with van der Waals surface area (Å²) in [6.07, 6.45) is 2.41. The molecule has 1 aliphatic carbocycles. The van der Waals surface area contributed by atoms with E-state index in [-0.39, 0.29) is 23.3 Å². The Labute approximate surface area is 135 Å². The quantitative estimate of drug-likeness (QED) is 0.925. The van der Waals surface area contributed by atoms with Crippen LogP contribution in [0.4, 0.5) is 5.82 Å². The highest BCUT2D eigenvalue weighted by molar-refractivity contribution is 6.31. The Morgan fingerprint density at radius 1 is 1.50 bits per heavy atom. The van der Waals surface area contributed by atoms with Crippen LogP contribution in [0, 0.1) is 16.7 Å². The molecule has 0 unspecified atom stereocenters. The second-order valence-electron chi connectivity index (χ2n) is 6.03. The average molecular weight is 322 g/mol. The number of aliphatic hydroxyl groups excluding tert-OH is 1. The third-order valence-electron chi connectivity index (χ3n) is 5.07. The van der Waals surface area contributed by atoms with Gasteiger partial charge in [0.05, 0.1) is 17.2 Å². The first-order chi connectivity index (χ1) is 10.6. The lowest BCUT2D eigenvalue weighted by Gasteiger charge is -2.56. The molecule has 3 rings (SSSR count). The molecule has 2 fully saturated rings. The second-order valence-corrected chi connectivity index (χ2v) is 6.43. The fraction of sp³-hybridized carbons (Fsp3) is 0.625. The Hall–Kier alpha value is -1.35. The maximum atomic E-state index is 10.2. The van der Waals surface area contributed by atoms with Gasteiger partial charge >= 0.3 is 0 Å². The molecule has 1 aliphatic heterocycles. The summed E-state index contributed by atoms with van der Waals surface area (Å²) < 4.78 is 5.78. The first-order valence-electron chi connectivity index (χ1n) is 7.72. The van der Waals surface area contributed by atoms with Crippen molar-refractivity contribution >= 4 is 17.4 Å². The molecule has 0 bridgehead atoms. The van der Waals surface area contributed by atoms with E-state index in [0.29, 0.717) is 11.6 Å². The largest absolute Gasteiger partial charge is 0.392 e. The number of halogens is 1. The first kappa shape index (κ1) is 15.5. The van der Waals surface area contributed by atoms with Crippen molar-refractivity contribution in [3.05, 3.63) is 22.8 Å². The van der Waals surface area contributed by atoms with Crippen LogP contribution >= 0.6 is 11.6 Å². The van der Waals surface area contributed by atoms with E-state index in [1.165, 1.54) is 0 Å². The van der Waals surface area contributed by atoms with Gasteiger partial charge in [-0.2, -0.15) is 5.26 Å². The summed E-state index contributed by atoms with van der Waals surface area (Å²) >= 11 is 5.93. The Morgan fingerprint density at radius 2 is 2.23 bits per heavy atom. The van der Waals surface area contributed by atoms with Gasteiger partial charge in [0.15, 0.2) is 5.69 Å². The molecule has 2 heterocycles. The van der Waals surface area contributed by atoms with Crippen LogP contribution in [0.5, 0.6) is 0 Å². The van der Waals surface area contributed by atoms with Gasteiger partial charge in [-0.3, -0.25) is 0 Å². The lowest BCUT2D eigenvalue weighted by atomic mass is 9.58. The summed E-state index contributed by atoms with van der Waals surface area (Å²) in [5, 5.41) is 19.6. The minimum atomic E-state index is -0.265. The molecule has 2 aliphatic rings. The normalized spacial score (nSPS) is 26.5. The van der Waals surface area contributed by atoms with Gasteiger partial charge in [-0.15, -0.1) is 0 Å². The van der Waals surface area contributed by atoms with Gasteiger partial charge in [0.2, 0.25) is 0 Å². The Balaban J connectivity index is 1.71. The van der Waals surface area contributed by atoms with E-state index in [1.807, 2.05) is 19.1 Å². The number of anilines is 1. The maximum absolute atomic E-state index is 10.2. The van der Waals surface area contributed by atoms with Gasteiger partial charge in [-0.1, -0.05) is 11.6 Å². The molecule has 6 heteroatoms. The number of nitrogens with zero attached hydrogens (tertiary/aromatic N) is 3. The predicted molar refractivity (Wildman–Crippen MR) is 83.9 cm³/mol. The van der Waals surface area contributed by atoms with Gasteiger partial charge in [0, 0.05) is 31.5 Å². The molecule has 1 saturated carbocycles. The van der Waals surface area contributed by atoms with Crippen molar-refractivity contribution in [2.75, 3.05) is 24.6 Å². The Kier molecular flexibility index (Phi) is 4.26. The topological polar surface area (TPSA) is 69.4 Å². The van der Waals surface area contributed by atoms with E-state index >= 15 is 0 Å². The SMILES string of the molecule is CCO[C@@H]1C[C@@H](O)C12CCN(c1ccc(Cl)c(C#N)n1)CC2. The van der Waals surface area contributed by atoms with E-state index in [2.05, 4.69) is 9.88 Å². The minimum absolute atomic E-state index is 0.100. The Morgan fingerprint density at radius 3 is 2.82 bits per heavy atom. The van der Waals surface area contributed by atoms with Crippen molar-refractivity contribution in [3.63, 3.8) is 0 Å². The van der Waals surface area contributed by atoms with Gasteiger partial charge in [0.25, 0.3) is 0 Å². The van der Waals surface area contributed by atoms with E-state index in [0.717, 1.165) is 38.2 Å². The zero-order valence-corrected chi connectivity index (χ0v) is 13.4. The Bertz CT molecular complexity index is 592. The van der Waals surface area contributed by atoms with Crippen LogP contribution in [-0.2, 0) is 4.74 Å². The molecular formula is C16H20ClN3O2. The summed E-state index contributed by atoms with van der Waals surface area (Å²) in [7, 11) is 0. The molecule has 1 N–H and O–H groups in total. The molecule has 2 atom stereocenters. The van der Waals surface area contributed by atoms with Gasteiger partial charge < -0.3 is 14.7 Å². The highest BCUT2D eigenvalue weighted by atomic mass is 35.5. The molecule has 1 spiro atoms. The molecule has 1 saturated heterocycles. The number of hydrogen-bond acceptors (Lipinski definition) is 5. The molecule has 1 aromatic heterocycles. The van der Waals surface area contributed by atoms with Crippen LogP contribution in [-0.4, -0.2) is 42.0 Å². The van der Waals surface area contributed by atoms with Crippen LogP contribution in [0.3, 0.4) is 0 Å². The molecule has 118 valence electrons. The fourth-order valence-corrected chi connectivity index (χ4v) is 3.80. The molecular weight excluding hydrogens is 302 g/mol. The number of ether oxygens (including phenoxy) is 1. The monoisotopic (exact) mass is 321 g/mol. The third kappa shape index (κ3) is 2.45. The standard InChI is InChI=1S/C16H20ClN3O2/c1-2-22-14-9-13(21)16(14)5-7-20(8-6-16)15-4-3-11(17)12(10-18)19-15/h3-4,13-14,21H,2,5-9H2,1H3/t13-,14-/m1/s1. The zero-order valence-electron chi connectivity index (χ0n) is 12.6. The average Bonchev–Trinajstić information content (AvgIpc) is 2.55. The smallest absolute Gasteiger partial charge is 0.161 e. The van der Waals surface area contributed by atoms with Crippen molar-refractivity contribution in [1.82, 2.24) is 4.98 Å². The highest BCUT2D eigenvalue weighted by Crippen LogP contribution is 2.51. The zero-order chi connectivity index (χ0) is 15.7. The number of aliphatic hydroxyl groups is 1. The van der Waals surface area contributed by atoms with E-state index in [9.17, 15) is 5.11 Å². The lowest BCUT2D eigenvalue weighted by molar-refractivity contribution is -0.199. The summed E-state index contributed by atoms with van der Waals surface area (Å²) in [6.45, 7) is 4.29. The molecule has 0 amide bonds. The number of pyridine rings is 1. The molecule has 1 aromatic rings. The molecule has 5 nitrogen and oxygen atoms in total. The van der Waals surface area contributed by atoms with Gasteiger partial charge in [-0.25, -0.2) is 4.98 Å². The van der Waals surface area contributed by atoms with Crippen LogP contribution < -0.4 is 4.90 Å². The van der Waals surface area contributed by atoms with Crippen molar-refractivity contribution in [1.29, 1.82) is 5.26 Å². The summed E-state index contributed by atoms with van der Waals surface area (Å²) in [5.74, 6) is 0.776. The molecule has 0 aromatic carbocycles. The third-order valence-corrected chi connectivity index (χ3v) is 5.37. The molecule has 22 heavy (non-hydrogen) atoms. The fourth-order valence-electron chi connectivity index (χ4n) is 3.66. The highest BCUT2D eigenvalue weighted by Gasteiger charge is 2.56. The van der Waals surface area contributed by atoms with Crippen LogP contribution in [0.25, 0.3) is 0 Å². The number of hydrogen-bond donors (Lipinski definition) is 1. The summed E-state index contributed by atoms with van der Waals surface area (Å²) in [4.78, 5) is 6.47. The first-order valence-corrected chi connectivity index (χ1v) is 8.10. The van der Waals surface area contributed by atoms with E-state index < -0.39 is 0 Å². The van der Waals surface area contributed by atoms with Crippen molar-refractivity contribution in [2.24, 2.45) is 5.41 Å². The number of piperidine rings is 1. The second kappa shape index (κ2) is 6.04. The van der Waals surface area contributed by atoms with Crippen molar-refractivity contribution in [3.8, 4) is 6.07 Å². The van der Waals surface area contributed by atoms with Crippen LogP contribution in [0.1, 0.15) is 31.9 Å². The van der Waals surface area contributed by atoms with Gasteiger partial charge in [-0.05, 0) is 31.9 Å². The van der Waals surface area contributed by atoms with E-state index in [4.69, 9.17) is 21.6 Å².